The number of methoxy groups -OCH3 is 1. The van der Waals surface area contributed by atoms with Crippen molar-refractivity contribution in [3.63, 3.8) is 0 Å². The van der Waals surface area contributed by atoms with Crippen LogP contribution in [0.3, 0.4) is 0 Å². The largest absolute Gasteiger partial charge is 0.501 e. The number of benzene rings is 2. The summed E-state index contributed by atoms with van der Waals surface area (Å²) in [6.07, 6.45) is 2.78. The fraction of sp³-hybridized carbons (Fsp3) is 0.333. The van der Waals surface area contributed by atoms with Gasteiger partial charge in [-0.1, -0.05) is 6.07 Å². The Hall–Kier alpha value is -2.92. The van der Waals surface area contributed by atoms with E-state index in [0.29, 0.717) is 54.8 Å². The standard InChI is InChI=1S/C21H20F3N3O4S/c1-30-11-3-10-25-16-7-6-13-18(31-17-5-2-4-15-14(17)12-26-27-15)8-9-19(20(13)16)32(28,29)21(22,23)24/h2,4-5,8-9,12H,3,6-7,10-11H2,1H3,(H,26,27). The van der Waals surface area contributed by atoms with E-state index in [9.17, 15) is 21.6 Å². The summed E-state index contributed by atoms with van der Waals surface area (Å²) in [6, 6.07) is 7.48. The molecule has 0 spiro atoms. The monoisotopic (exact) mass is 467 g/mol. The number of sulfone groups is 1. The van der Waals surface area contributed by atoms with Gasteiger partial charge in [0.1, 0.15) is 11.5 Å². The number of nitrogens with zero attached hydrogens (tertiary/aromatic N) is 2. The number of hydrogen-bond donors (Lipinski definition) is 1. The van der Waals surface area contributed by atoms with Crippen LogP contribution in [0.1, 0.15) is 24.0 Å². The topological polar surface area (TPSA) is 93.6 Å². The van der Waals surface area contributed by atoms with Crippen molar-refractivity contribution >= 4 is 26.5 Å². The number of aromatic nitrogens is 2. The first-order valence-corrected chi connectivity index (χ1v) is 11.3. The number of hydrogen-bond acceptors (Lipinski definition) is 6. The van der Waals surface area contributed by atoms with E-state index in [-0.39, 0.29) is 11.3 Å². The van der Waals surface area contributed by atoms with Gasteiger partial charge in [-0.05, 0) is 43.5 Å². The van der Waals surface area contributed by atoms with Gasteiger partial charge in [0.25, 0.3) is 9.84 Å². The number of ether oxygens (including phenoxy) is 2. The number of rotatable bonds is 7. The van der Waals surface area contributed by atoms with E-state index < -0.39 is 20.2 Å². The van der Waals surface area contributed by atoms with Crippen molar-refractivity contribution in [2.45, 2.75) is 29.7 Å². The highest BCUT2D eigenvalue weighted by atomic mass is 32.2. The van der Waals surface area contributed by atoms with Gasteiger partial charge in [-0.25, -0.2) is 8.42 Å². The third-order valence-electron chi connectivity index (χ3n) is 5.20. The molecule has 32 heavy (non-hydrogen) atoms. The molecule has 0 unspecified atom stereocenters. The van der Waals surface area contributed by atoms with Gasteiger partial charge in [0.15, 0.2) is 0 Å². The van der Waals surface area contributed by atoms with Crippen molar-refractivity contribution in [3.05, 3.63) is 47.7 Å². The zero-order chi connectivity index (χ0) is 22.9. The molecule has 0 amide bonds. The summed E-state index contributed by atoms with van der Waals surface area (Å²) < 4.78 is 75.7. The Kier molecular flexibility index (Phi) is 5.95. The Bertz CT molecular complexity index is 1280. The van der Waals surface area contributed by atoms with Crippen LogP contribution >= 0.6 is 0 Å². The predicted molar refractivity (Wildman–Crippen MR) is 112 cm³/mol. The number of alkyl halides is 3. The van der Waals surface area contributed by atoms with Crippen molar-refractivity contribution in [1.82, 2.24) is 10.2 Å². The summed E-state index contributed by atoms with van der Waals surface area (Å²) in [4.78, 5) is 3.59. The Morgan fingerprint density at radius 2 is 1.97 bits per heavy atom. The molecule has 0 saturated heterocycles. The maximum absolute atomic E-state index is 13.4. The van der Waals surface area contributed by atoms with Gasteiger partial charge < -0.3 is 9.47 Å². The van der Waals surface area contributed by atoms with E-state index in [1.165, 1.54) is 13.2 Å². The van der Waals surface area contributed by atoms with Crippen LogP contribution in [0.2, 0.25) is 0 Å². The fourth-order valence-corrected chi connectivity index (χ4v) is 4.72. The average molecular weight is 467 g/mol. The number of nitrogens with one attached hydrogen (secondary N) is 1. The first-order chi connectivity index (χ1) is 15.2. The molecule has 0 aliphatic heterocycles. The second-order valence-corrected chi connectivity index (χ2v) is 9.14. The lowest BCUT2D eigenvalue weighted by atomic mass is 10.1. The summed E-state index contributed by atoms with van der Waals surface area (Å²) in [7, 11) is -4.02. The van der Waals surface area contributed by atoms with Gasteiger partial charge in [-0.15, -0.1) is 0 Å². The van der Waals surface area contributed by atoms with E-state index in [1.54, 1.807) is 18.3 Å². The van der Waals surface area contributed by atoms with Crippen LogP contribution in [0, 0.1) is 0 Å². The van der Waals surface area contributed by atoms with E-state index >= 15 is 0 Å². The lowest BCUT2D eigenvalue weighted by molar-refractivity contribution is -0.0436. The highest BCUT2D eigenvalue weighted by Gasteiger charge is 2.49. The van der Waals surface area contributed by atoms with E-state index in [0.717, 1.165) is 11.6 Å². The van der Waals surface area contributed by atoms with Crippen LogP contribution < -0.4 is 4.74 Å². The molecule has 0 atom stereocenters. The SMILES string of the molecule is COCCCN=C1CCc2c(Oc3cccc4[nH]ncc34)ccc(S(=O)(=O)C(F)(F)F)c21. The average Bonchev–Trinajstić information content (AvgIpc) is 3.38. The third kappa shape index (κ3) is 3.97. The molecule has 0 saturated carbocycles. The molecule has 1 aromatic heterocycles. The Morgan fingerprint density at radius 3 is 2.72 bits per heavy atom. The normalized spacial score (nSPS) is 15.4. The summed E-state index contributed by atoms with van der Waals surface area (Å²) >= 11 is 0. The van der Waals surface area contributed by atoms with Gasteiger partial charge in [0, 0.05) is 37.1 Å². The van der Waals surface area contributed by atoms with Gasteiger partial charge in [-0.2, -0.15) is 18.3 Å². The zero-order valence-electron chi connectivity index (χ0n) is 17.1. The van der Waals surface area contributed by atoms with Gasteiger partial charge in [-0.3, -0.25) is 10.1 Å². The molecule has 2 aromatic carbocycles. The number of aliphatic imine (C=N–C) groups is 1. The molecule has 0 bridgehead atoms. The summed E-state index contributed by atoms with van der Waals surface area (Å²) in [5.41, 5.74) is -3.99. The van der Waals surface area contributed by atoms with Gasteiger partial charge in [0.2, 0.25) is 0 Å². The second kappa shape index (κ2) is 8.55. The van der Waals surface area contributed by atoms with Crippen molar-refractivity contribution in [3.8, 4) is 11.5 Å². The number of fused-ring (bicyclic) bond motifs is 2. The lowest BCUT2D eigenvalue weighted by Crippen LogP contribution is -2.25. The quantitative estimate of drug-likeness (QED) is 0.519. The molecule has 1 N–H and O–H groups in total. The van der Waals surface area contributed by atoms with Gasteiger partial charge in [0.05, 0.1) is 22.0 Å². The molecule has 11 heteroatoms. The predicted octanol–water partition coefficient (Wildman–Crippen LogP) is 4.42. The fourth-order valence-electron chi connectivity index (χ4n) is 3.71. The highest BCUT2D eigenvalue weighted by Crippen LogP contribution is 2.42. The Balaban J connectivity index is 1.81. The number of H-pyrrole nitrogens is 1. The zero-order valence-corrected chi connectivity index (χ0v) is 17.9. The maximum Gasteiger partial charge on any atom is 0.501 e. The molecule has 4 rings (SSSR count). The van der Waals surface area contributed by atoms with Crippen LogP contribution in [0.4, 0.5) is 13.2 Å². The molecule has 1 aliphatic rings. The third-order valence-corrected chi connectivity index (χ3v) is 6.73. The van der Waals surface area contributed by atoms with E-state index in [1.807, 2.05) is 6.07 Å². The van der Waals surface area contributed by atoms with Crippen molar-refractivity contribution < 1.29 is 31.1 Å². The first-order valence-electron chi connectivity index (χ1n) is 9.84. The minimum Gasteiger partial charge on any atom is -0.456 e. The minimum atomic E-state index is -5.56. The van der Waals surface area contributed by atoms with E-state index in [4.69, 9.17) is 9.47 Å². The van der Waals surface area contributed by atoms with Crippen LogP contribution in [-0.4, -0.2) is 50.1 Å². The number of halogens is 3. The summed E-state index contributed by atoms with van der Waals surface area (Å²) in [5, 5.41) is 7.49. The molecule has 0 fully saturated rings. The van der Waals surface area contributed by atoms with E-state index in [2.05, 4.69) is 15.2 Å². The number of aromatic amines is 1. The molecule has 3 aromatic rings. The smallest absolute Gasteiger partial charge is 0.456 e. The van der Waals surface area contributed by atoms with Crippen LogP contribution in [0.25, 0.3) is 10.9 Å². The molecular formula is C21H20F3N3O4S. The van der Waals surface area contributed by atoms with Crippen molar-refractivity contribution in [1.29, 1.82) is 0 Å². The molecule has 1 heterocycles. The second-order valence-electron chi connectivity index (χ2n) is 7.23. The maximum atomic E-state index is 13.4. The van der Waals surface area contributed by atoms with Crippen molar-refractivity contribution in [2.24, 2.45) is 4.99 Å². The molecule has 0 radical (unpaired) electrons. The van der Waals surface area contributed by atoms with Crippen LogP contribution in [-0.2, 0) is 21.0 Å². The molecular weight excluding hydrogens is 447 g/mol. The van der Waals surface area contributed by atoms with Crippen molar-refractivity contribution in [2.75, 3.05) is 20.3 Å². The first kappa shape index (κ1) is 22.3. The Morgan fingerprint density at radius 1 is 1.16 bits per heavy atom. The summed E-state index contributed by atoms with van der Waals surface area (Å²) in [5.74, 6) is 0.743. The molecule has 170 valence electrons. The van der Waals surface area contributed by atoms with Crippen LogP contribution in [0.5, 0.6) is 11.5 Å². The lowest BCUT2D eigenvalue weighted by Gasteiger charge is -2.16. The highest BCUT2D eigenvalue weighted by molar-refractivity contribution is 7.92. The van der Waals surface area contributed by atoms with Gasteiger partial charge >= 0.3 is 5.51 Å². The molecule has 1 aliphatic carbocycles. The summed E-state index contributed by atoms with van der Waals surface area (Å²) in [6.45, 7) is 0.753. The minimum absolute atomic E-state index is 0.0170. The molecule has 7 nitrogen and oxygen atoms in total. The van der Waals surface area contributed by atoms with Crippen LogP contribution in [0.15, 0.2) is 46.4 Å². The Labute approximate surface area is 182 Å².